The van der Waals surface area contributed by atoms with Crippen LogP contribution in [0.15, 0.2) is 4.99 Å². The quantitative estimate of drug-likeness (QED) is 0.539. The van der Waals surface area contributed by atoms with Gasteiger partial charge in [0.2, 0.25) is 0 Å². The van der Waals surface area contributed by atoms with Crippen molar-refractivity contribution in [2.45, 2.75) is 39.7 Å². The predicted octanol–water partition coefficient (Wildman–Crippen LogP) is 2.53. The molecule has 0 aliphatic rings. The molecule has 0 heterocycles. The van der Waals surface area contributed by atoms with E-state index in [4.69, 9.17) is 4.74 Å². The fourth-order valence-corrected chi connectivity index (χ4v) is 0.982. The molecule has 0 aromatic carbocycles. The number of ether oxygens (including phenoxy) is 1. The number of hydrogen-bond donors (Lipinski definition) is 0. The highest BCUT2D eigenvalue weighted by molar-refractivity contribution is 5.23. The number of aliphatic imine (C=N–C) groups is 1. The van der Waals surface area contributed by atoms with Crippen LogP contribution in [0.1, 0.15) is 33.6 Å². The Hall–Kier alpha value is -0.370. The number of hydrogen-bond acceptors (Lipinski definition) is 2. The van der Waals surface area contributed by atoms with Gasteiger partial charge in [-0.15, -0.1) is 0 Å². The van der Waals surface area contributed by atoms with Crippen LogP contribution in [0.25, 0.3) is 0 Å². The van der Waals surface area contributed by atoms with Crippen molar-refractivity contribution >= 4 is 6.72 Å². The highest BCUT2D eigenvalue weighted by atomic mass is 16.5. The van der Waals surface area contributed by atoms with Crippen molar-refractivity contribution < 1.29 is 4.74 Å². The summed E-state index contributed by atoms with van der Waals surface area (Å²) in [5.41, 5.74) is 0. The Labute approximate surface area is 76.0 Å². The standard InChI is InChI=1S/C10H21NO/c1-5-10(6-2)8-12-7-9(3)11-4/h9-10H,4-8H2,1-3H3/t9-/m0/s1. The van der Waals surface area contributed by atoms with E-state index in [2.05, 4.69) is 25.6 Å². The van der Waals surface area contributed by atoms with Gasteiger partial charge in [0, 0.05) is 6.61 Å². The molecule has 2 nitrogen and oxygen atoms in total. The first-order chi connectivity index (χ1) is 5.74. The lowest BCUT2D eigenvalue weighted by atomic mass is 10.1. The van der Waals surface area contributed by atoms with Gasteiger partial charge < -0.3 is 4.74 Å². The van der Waals surface area contributed by atoms with Gasteiger partial charge in [-0.05, 0) is 19.6 Å². The van der Waals surface area contributed by atoms with E-state index in [1.165, 1.54) is 12.8 Å². The summed E-state index contributed by atoms with van der Waals surface area (Å²) >= 11 is 0. The lowest BCUT2D eigenvalue weighted by Gasteiger charge is -2.13. The molecule has 0 bridgehead atoms. The number of nitrogens with zero attached hydrogens (tertiary/aromatic N) is 1. The van der Waals surface area contributed by atoms with Gasteiger partial charge in [-0.25, -0.2) is 0 Å². The summed E-state index contributed by atoms with van der Waals surface area (Å²) in [7, 11) is 0. The summed E-state index contributed by atoms with van der Waals surface area (Å²) in [6.45, 7) is 11.5. The van der Waals surface area contributed by atoms with Crippen LogP contribution >= 0.6 is 0 Å². The molecule has 0 aliphatic heterocycles. The highest BCUT2D eigenvalue weighted by Crippen LogP contribution is 2.07. The van der Waals surface area contributed by atoms with Crippen LogP contribution in [0.5, 0.6) is 0 Å². The third-order valence-corrected chi connectivity index (χ3v) is 2.18. The molecular formula is C10H21NO. The summed E-state index contributed by atoms with van der Waals surface area (Å²) in [5.74, 6) is 0.710. The van der Waals surface area contributed by atoms with Crippen molar-refractivity contribution in [1.82, 2.24) is 0 Å². The minimum absolute atomic E-state index is 0.236. The Morgan fingerprint density at radius 3 is 2.25 bits per heavy atom. The SMILES string of the molecule is C=N[C@@H](C)COCC(CC)CC. The van der Waals surface area contributed by atoms with E-state index in [9.17, 15) is 0 Å². The van der Waals surface area contributed by atoms with Crippen LogP contribution in [-0.2, 0) is 4.74 Å². The van der Waals surface area contributed by atoms with E-state index in [0.29, 0.717) is 12.5 Å². The molecule has 72 valence electrons. The molecule has 1 atom stereocenters. The van der Waals surface area contributed by atoms with Crippen LogP contribution < -0.4 is 0 Å². The molecule has 0 fully saturated rings. The summed E-state index contributed by atoms with van der Waals surface area (Å²) in [6.07, 6.45) is 2.40. The van der Waals surface area contributed by atoms with E-state index in [1.54, 1.807) is 0 Å². The van der Waals surface area contributed by atoms with Gasteiger partial charge in [0.25, 0.3) is 0 Å². The Morgan fingerprint density at radius 2 is 1.83 bits per heavy atom. The van der Waals surface area contributed by atoms with Crippen molar-refractivity contribution in [3.05, 3.63) is 0 Å². The van der Waals surface area contributed by atoms with Gasteiger partial charge >= 0.3 is 0 Å². The normalized spacial score (nSPS) is 13.3. The summed E-state index contributed by atoms with van der Waals surface area (Å²) in [6, 6.07) is 0.236. The molecule has 2 heteroatoms. The number of rotatable bonds is 7. The third-order valence-electron chi connectivity index (χ3n) is 2.18. The van der Waals surface area contributed by atoms with Crippen LogP contribution in [0, 0.1) is 5.92 Å². The largest absolute Gasteiger partial charge is 0.379 e. The molecule has 0 N–H and O–H groups in total. The third kappa shape index (κ3) is 5.30. The lowest BCUT2D eigenvalue weighted by Crippen LogP contribution is -2.14. The Kier molecular flexibility index (Phi) is 7.06. The molecule has 0 aliphatic carbocycles. The first kappa shape index (κ1) is 11.6. The van der Waals surface area contributed by atoms with Gasteiger partial charge in [-0.2, -0.15) is 0 Å². The molecule has 0 amide bonds. The fourth-order valence-electron chi connectivity index (χ4n) is 0.982. The summed E-state index contributed by atoms with van der Waals surface area (Å²) in [5, 5.41) is 0. The first-order valence-corrected chi connectivity index (χ1v) is 4.78. The molecule has 0 spiro atoms. The summed E-state index contributed by atoms with van der Waals surface area (Å²) < 4.78 is 5.50. The molecule has 0 rings (SSSR count). The Balaban J connectivity index is 3.34. The zero-order valence-corrected chi connectivity index (χ0v) is 8.55. The van der Waals surface area contributed by atoms with Gasteiger partial charge in [0.05, 0.1) is 12.6 Å². The second kappa shape index (κ2) is 7.29. The maximum absolute atomic E-state index is 5.50. The van der Waals surface area contributed by atoms with Crippen molar-refractivity contribution in [2.24, 2.45) is 10.9 Å². The average Bonchev–Trinajstić information content (AvgIpc) is 2.12. The maximum atomic E-state index is 5.50. The van der Waals surface area contributed by atoms with Gasteiger partial charge in [-0.3, -0.25) is 4.99 Å². The molecule has 0 saturated carbocycles. The Bertz CT molecular complexity index is 110. The van der Waals surface area contributed by atoms with E-state index >= 15 is 0 Å². The van der Waals surface area contributed by atoms with E-state index in [-0.39, 0.29) is 6.04 Å². The zero-order chi connectivity index (χ0) is 9.40. The summed E-state index contributed by atoms with van der Waals surface area (Å²) in [4.78, 5) is 3.86. The van der Waals surface area contributed by atoms with Crippen molar-refractivity contribution in [2.75, 3.05) is 13.2 Å². The second-order valence-electron chi connectivity index (χ2n) is 3.25. The monoisotopic (exact) mass is 171 g/mol. The lowest BCUT2D eigenvalue weighted by molar-refractivity contribution is 0.0895. The van der Waals surface area contributed by atoms with Crippen molar-refractivity contribution in [1.29, 1.82) is 0 Å². The van der Waals surface area contributed by atoms with Crippen molar-refractivity contribution in [3.8, 4) is 0 Å². The second-order valence-corrected chi connectivity index (χ2v) is 3.25. The highest BCUT2D eigenvalue weighted by Gasteiger charge is 2.04. The maximum Gasteiger partial charge on any atom is 0.0697 e. The smallest absolute Gasteiger partial charge is 0.0697 e. The van der Waals surface area contributed by atoms with Crippen molar-refractivity contribution in [3.63, 3.8) is 0 Å². The fraction of sp³-hybridized carbons (Fsp3) is 0.900. The first-order valence-electron chi connectivity index (χ1n) is 4.78. The molecule has 0 saturated heterocycles. The van der Waals surface area contributed by atoms with Crippen LogP contribution in [-0.4, -0.2) is 26.0 Å². The van der Waals surface area contributed by atoms with Crippen LogP contribution in [0.4, 0.5) is 0 Å². The van der Waals surface area contributed by atoms with Crippen LogP contribution in [0.3, 0.4) is 0 Å². The topological polar surface area (TPSA) is 21.6 Å². The van der Waals surface area contributed by atoms with E-state index in [1.807, 2.05) is 6.92 Å². The molecular weight excluding hydrogens is 150 g/mol. The van der Waals surface area contributed by atoms with Gasteiger partial charge in [-0.1, -0.05) is 26.7 Å². The predicted molar refractivity (Wildman–Crippen MR) is 53.9 cm³/mol. The van der Waals surface area contributed by atoms with Gasteiger partial charge in [0.15, 0.2) is 0 Å². The average molecular weight is 171 g/mol. The van der Waals surface area contributed by atoms with Crippen LogP contribution in [0.2, 0.25) is 0 Å². The van der Waals surface area contributed by atoms with E-state index in [0.717, 1.165) is 6.61 Å². The Morgan fingerprint density at radius 1 is 1.25 bits per heavy atom. The zero-order valence-electron chi connectivity index (χ0n) is 8.55. The molecule has 12 heavy (non-hydrogen) atoms. The molecule has 0 aromatic heterocycles. The minimum Gasteiger partial charge on any atom is -0.379 e. The minimum atomic E-state index is 0.236. The van der Waals surface area contributed by atoms with Gasteiger partial charge in [0.1, 0.15) is 0 Å². The van der Waals surface area contributed by atoms with E-state index < -0.39 is 0 Å². The molecule has 0 unspecified atom stereocenters. The molecule has 0 radical (unpaired) electrons. The molecule has 0 aromatic rings.